The minimum absolute atomic E-state index is 0.117. The van der Waals surface area contributed by atoms with Gasteiger partial charge in [0.25, 0.3) is 5.91 Å². The van der Waals surface area contributed by atoms with E-state index < -0.39 is 0 Å². The molecule has 2 heterocycles. The molecule has 6 nitrogen and oxygen atoms in total. The lowest BCUT2D eigenvalue weighted by Gasteiger charge is -2.16. The first kappa shape index (κ1) is 21.8. The predicted molar refractivity (Wildman–Crippen MR) is 135 cm³/mol. The smallest absolute Gasteiger partial charge is 0.267 e. The van der Waals surface area contributed by atoms with Crippen LogP contribution in [-0.2, 0) is 0 Å². The van der Waals surface area contributed by atoms with E-state index in [1.807, 2.05) is 91.3 Å². The van der Waals surface area contributed by atoms with Gasteiger partial charge >= 0.3 is 0 Å². The predicted octanol–water partition coefficient (Wildman–Crippen LogP) is 6.63. The molecule has 2 aromatic heterocycles. The van der Waals surface area contributed by atoms with Gasteiger partial charge in [-0.3, -0.25) is 14.8 Å². The number of carbonyl (C=O) groups is 1. The van der Waals surface area contributed by atoms with E-state index in [1.165, 1.54) is 0 Å². The second kappa shape index (κ2) is 9.78. The molecule has 0 aliphatic heterocycles. The number of hydrogen-bond acceptors (Lipinski definition) is 5. The summed E-state index contributed by atoms with van der Waals surface area (Å²) in [6.45, 7) is 4.01. The van der Waals surface area contributed by atoms with Crippen LogP contribution in [0.5, 0.6) is 11.5 Å². The molecule has 160 valence electrons. The molecule has 4 aromatic rings. The lowest BCUT2D eigenvalue weighted by atomic mass is 10.1. The third-order valence-electron chi connectivity index (χ3n) is 4.98. The first-order valence-corrected chi connectivity index (χ1v) is 11.0. The fraction of sp³-hybridized carbons (Fsp3) is 0.0800. The molecule has 32 heavy (non-hydrogen) atoms. The summed E-state index contributed by atoms with van der Waals surface area (Å²) in [6, 6.07) is 20.3. The van der Waals surface area contributed by atoms with Gasteiger partial charge in [-0.15, -0.1) is 0 Å². The summed E-state index contributed by atoms with van der Waals surface area (Å²) in [5.74, 6) is 1.21. The van der Waals surface area contributed by atoms with Crippen LogP contribution in [0.15, 0.2) is 85.3 Å². The van der Waals surface area contributed by atoms with Crippen LogP contribution in [0.3, 0.4) is 0 Å². The molecule has 0 bridgehead atoms. The van der Waals surface area contributed by atoms with Gasteiger partial charge in [-0.1, -0.05) is 6.07 Å². The van der Waals surface area contributed by atoms with Crippen LogP contribution in [0.2, 0.25) is 0 Å². The maximum atomic E-state index is 13.0. The van der Waals surface area contributed by atoms with Crippen molar-refractivity contribution in [3.63, 3.8) is 0 Å². The molecular formula is C25H21IN4O2. The third kappa shape index (κ3) is 5.05. The molecule has 0 unspecified atom stereocenters. The Bertz CT molecular complexity index is 1230. The van der Waals surface area contributed by atoms with Gasteiger partial charge in [-0.05, 0) is 74.0 Å². The monoisotopic (exact) mass is 536 g/mol. The average molecular weight is 536 g/mol. The number of carbonyl (C=O) groups excluding carboxylic acids is 1. The van der Waals surface area contributed by atoms with Crippen molar-refractivity contribution in [1.82, 2.24) is 9.97 Å². The van der Waals surface area contributed by atoms with Crippen LogP contribution in [-0.4, -0.2) is 15.9 Å². The average Bonchev–Trinajstić information content (AvgIpc) is 2.82. The number of aromatic nitrogens is 2. The highest BCUT2D eigenvalue weighted by atomic mass is 127. The number of amides is 1. The fourth-order valence-corrected chi connectivity index (χ4v) is 3.65. The number of anilines is 3. The first-order chi connectivity index (χ1) is 15.5. The minimum Gasteiger partial charge on any atom is -0.457 e. The number of halogens is 1. The molecule has 2 aromatic carbocycles. The van der Waals surface area contributed by atoms with Crippen LogP contribution in [0.25, 0.3) is 0 Å². The van der Waals surface area contributed by atoms with Crippen LogP contribution >= 0.6 is 22.9 Å². The Balaban J connectivity index is 1.47. The van der Waals surface area contributed by atoms with Crippen molar-refractivity contribution in [3.05, 3.63) is 102 Å². The third-order valence-corrected chi connectivity index (χ3v) is 5.97. The normalized spacial score (nSPS) is 10.5. The first-order valence-electron chi connectivity index (χ1n) is 9.99. The Morgan fingerprint density at radius 3 is 2.44 bits per heavy atom. The van der Waals surface area contributed by atoms with Crippen LogP contribution in [0, 0.1) is 13.8 Å². The number of rotatable bonds is 6. The van der Waals surface area contributed by atoms with Crippen LogP contribution in [0.1, 0.15) is 21.6 Å². The molecule has 0 saturated carbocycles. The van der Waals surface area contributed by atoms with E-state index in [2.05, 4.69) is 15.3 Å². The summed E-state index contributed by atoms with van der Waals surface area (Å²) >= 11 is 2.02. The Hall–Kier alpha value is -3.46. The molecule has 0 radical (unpaired) electrons. The highest BCUT2D eigenvalue weighted by Crippen LogP contribution is 2.29. The van der Waals surface area contributed by atoms with Gasteiger partial charge in [0.05, 0.1) is 28.6 Å². The second-order valence-electron chi connectivity index (χ2n) is 7.14. The van der Waals surface area contributed by atoms with Gasteiger partial charge in [0, 0.05) is 47.3 Å². The molecule has 1 N–H and O–H groups in total. The number of hydrogen-bond donors (Lipinski definition) is 1. The minimum atomic E-state index is -0.117. The highest BCUT2D eigenvalue weighted by Gasteiger charge is 2.16. The Labute approximate surface area is 200 Å². The summed E-state index contributed by atoms with van der Waals surface area (Å²) in [7, 11) is 0. The van der Waals surface area contributed by atoms with Gasteiger partial charge < -0.3 is 10.1 Å². The van der Waals surface area contributed by atoms with Crippen molar-refractivity contribution in [3.8, 4) is 11.5 Å². The molecule has 0 spiro atoms. The summed E-state index contributed by atoms with van der Waals surface area (Å²) in [6.07, 6.45) is 5.12. The highest BCUT2D eigenvalue weighted by molar-refractivity contribution is 14.1. The molecule has 4 rings (SSSR count). The van der Waals surface area contributed by atoms with Crippen molar-refractivity contribution in [2.24, 2.45) is 0 Å². The van der Waals surface area contributed by atoms with Gasteiger partial charge in [-0.2, -0.15) is 0 Å². The van der Waals surface area contributed by atoms with Crippen molar-refractivity contribution in [2.75, 3.05) is 8.43 Å². The van der Waals surface area contributed by atoms with E-state index in [0.717, 1.165) is 28.3 Å². The van der Waals surface area contributed by atoms with E-state index in [1.54, 1.807) is 33.8 Å². The van der Waals surface area contributed by atoms with E-state index >= 15 is 0 Å². The van der Waals surface area contributed by atoms with E-state index in [-0.39, 0.29) is 5.91 Å². The summed E-state index contributed by atoms with van der Waals surface area (Å²) in [5, 5.41) is 3.38. The quantitative estimate of drug-likeness (QED) is 0.222. The molecular weight excluding hydrogens is 515 g/mol. The van der Waals surface area contributed by atoms with Crippen molar-refractivity contribution < 1.29 is 9.53 Å². The topological polar surface area (TPSA) is 67.4 Å². The summed E-state index contributed by atoms with van der Waals surface area (Å²) in [4.78, 5) is 21.3. The largest absolute Gasteiger partial charge is 0.457 e. The molecule has 0 fully saturated rings. The maximum absolute atomic E-state index is 13.0. The lowest BCUT2D eigenvalue weighted by Crippen LogP contribution is -2.19. The van der Waals surface area contributed by atoms with Crippen molar-refractivity contribution >= 4 is 45.8 Å². The van der Waals surface area contributed by atoms with Gasteiger partial charge in [-0.25, -0.2) is 3.11 Å². The van der Waals surface area contributed by atoms with E-state index in [0.29, 0.717) is 17.1 Å². The molecule has 0 aliphatic rings. The van der Waals surface area contributed by atoms with E-state index in [4.69, 9.17) is 4.74 Å². The zero-order valence-corrected chi connectivity index (χ0v) is 19.8. The van der Waals surface area contributed by atoms with Gasteiger partial charge in [0.1, 0.15) is 11.5 Å². The van der Waals surface area contributed by atoms with Gasteiger partial charge in [0.2, 0.25) is 0 Å². The number of benzene rings is 2. The van der Waals surface area contributed by atoms with Crippen molar-refractivity contribution in [1.29, 1.82) is 0 Å². The zero-order valence-electron chi connectivity index (χ0n) is 17.6. The maximum Gasteiger partial charge on any atom is 0.267 e. The molecule has 0 saturated heterocycles. The standard InChI is InChI=1S/C25H21IN4O2/c1-17-18(2)28-15-12-24(17)29-20-8-6-19(7-9-20)25(31)30(26)21-4-3-5-23(16-21)32-22-10-13-27-14-11-22/h3-16H,1-2H3,(H,28,29). The van der Waals surface area contributed by atoms with Crippen LogP contribution in [0.4, 0.5) is 17.1 Å². The van der Waals surface area contributed by atoms with Gasteiger partial charge in [0.15, 0.2) is 0 Å². The lowest BCUT2D eigenvalue weighted by molar-refractivity contribution is 0.101. The zero-order chi connectivity index (χ0) is 22.5. The molecule has 0 aliphatic carbocycles. The molecule has 1 amide bonds. The Morgan fingerprint density at radius 1 is 0.938 bits per heavy atom. The summed E-state index contributed by atoms with van der Waals surface area (Å²) < 4.78 is 7.43. The summed E-state index contributed by atoms with van der Waals surface area (Å²) in [5.41, 5.74) is 5.30. The van der Waals surface area contributed by atoms with Crippen LogP contribution < -0.4 is 13.2 Å². The fourth-order valence-electron chi connectivity index (χ4n) is 3.07. The molecule has 7 heteroatoms. The SMILES string of the molecule is Cc1nccc(Nc2ccc(C(=O)N(I)c3cccc(Oc4ccncc4)c3)cc2)c1C. The number of pyridine rings is 2. The second-order valence-corrected chi connectivity index (χ2v) is 8.10. The Morgan fingerprint density at radius 2 is 1.69 bits per heavy atom. The number of ether oxygens (including phenoxy) is 1. The Kier molecular flexibility index (Phi) is 6.65. The molecule has 0 atom stereocenters. The number of nitrogens with one attached hydrogen (secondary N) is 1. The van der Waals surface area contributed by atoms with Crippen molar-refractivity contribution in [2.45, 2.75) is 13.8 Å². The van der Waals surface area contributed by atoms with E-state index in [9.17, 15) is 4.79 Å². The number of nitrogens with zero attached hydrogens (tertiary/aromatic N) is 3. The number of aryl methyl sites for hydroxylation is 1.